The lowest BCUT2D eigenvalue weighted by Crippen LogP contribution is -2.65. The highest BCUT2D eigenvalue weighted by atomic mass is 19.4. The summed E-state index contributed by atoms with van der Waals surface area (Å²) >= 11 is 0. The maximum absolute atomic E-state index is 13.6. The summed E-state index contributed by atoms with van der Waals surface area (Å²) in [7, 11) is 0. The molecular weight excluding hydrogens is 359 g/mol. The van der Waals surface area contributed by atoms with Gasteiger partial charge in [-0.2, -0.15) is 13.2 Å². The van der Waals surface area contributed by atoms with E-state index in [1.165, 1.54) is 31.3 Å². The summed E-state index contributed by atoms with van der Waals surface area (Å²) in [4.78, 5) is 27.9. The predicted octanol–water partition coefficient (Wildman–Crippen LogP) is 1.89. The van der Waals surface area contributed by atoms with Crippen LogP contribution in [0.15, 0.2) is 35.5 Å². The molecule has 0 aliphatic heterocycles. The number of esters is 1. The zero-order valence-corrected chi connectivity index (χ0v) is 14.0. The first kappa shape index (κ1) is 21.1. The molecule has 144 valence electrons. The monoisotopic (exact) mass is 377 g/mol. The smallest absolute Gasteiger partial charge is 0.461 e. The first-order valence-electron chi connectivity index (χ1n) is 7.43. The van der Waals surface area contributed by atoms with E-state index in [2.05, 4.69) is 19.5 Å². The van der Waals surface area contributed by atoms with Gasteiger partial charge in [0.25, 0.3) is 0 Å². The van der Waals surface area contributed by atoms with Crippen molar-refractivity contribution >= 4 is 17.9 Å². The number of alkyl halides is 3. The van der Waals surface area contributed by atoms with E-state index in [9.17, 15) is 22.8 Å². The molecule has 0 aliphatic carbocycles. The van der Waals surface area contributed by atoms with Gasteiger partial charge in [0.2, 0.25) is 0 Å². The highest BCUT2D eigenvalue weighted by Gasteiger charge is 2.67. The first-order valence-corrected chi connectivity index (χ1v) is 7.43. The van der Waals surface area contributed by atoms with E-state index < -0.39 is 36.4 Å². The second-order valence-electron chi connectivity index (χ2n) is 4.68. The van der Waals surface area contributed by atoms with Crippen LogP contribution in [0, 0.1) is 0 Å². The molecule has 1 amide bonds. The normalized spacial score (nSPS) is 14.1. The number of oxime groups is 1. The SMILES string of the molecule is CCOC(=O)NC(O/N=C(/N)c1ccccc1)(C(=O)OCC)C(F)(F)F. The molecule has 8 nitrogen and oxygen atoms in total. The molecule has 0 saturated heterocycles. The van der Waals surface area contributed by atoms with Gasteiger partial charge in [-0.25, -0.2) is 9.59 Å². The molecule has 0 spiro atoms. The molecule has 0 aliphatic rings. The average molecular weight is 377 g/mol. The molecule has 26 heavy (non-hydrogen) atoms. The lowest BCUT2D eigenvalue weighted by molar-refractivity contribution is -0.285. The topological polar surface area (TPSA) is 112 Å². The maximum atomic E-state index is 13.6. The van der Waals surface area contributed by atoms with Crippen LogP contribution in [-0.2, 0) is 19.1 Å². The minimum atomic E-state index is -5.42. The largest absolute Gasteiger partial charge is 0.463 e. The fourth-order valence-electron chi connectivity index (χ4n) is 1.67. The molecule has 0 heterocycles. The summed E-state index contributed by atoms with van der Waals surface area (Å²) in [6.45, 7) is 2.01. The van der Waals surface area contributed by atoms with Crippen molar-refractivity contribution in [1.29, 1.82) is 0 Å². The van der Waals surface area contributed by atoms with Gasteiger partial charge in [-0.05, 0) is 13.8 Å². The van der Waals surface area contributed by atoms with Crippen molar-refractivity contribution in [2.75, 3.05) is 13.2 Å². The Labute approximate surface area is 147 Å². The summed E-state index contributed by atoms with van der Waals surface area (Å²) in [5, 5.41) is 4.47. The van der Waals surface area contributed by atoms with Gasteiger partial charge in [0.1, 0.15) is 0 Å². The van der Waals surface area contributed by atoms with Crippen LogP contribution in [0.4, 0.5) is 18.0 Å². The quantitative estimate of drug-likeness (QED) is 0.247. The Morgan fingerprint density at radius 1 is 1.12 bits per heavy atom. The standard InChI is InChI=1S/C15H18F3N3O5/c1-3-24-12(22)14(15(16,17)18,20-13(23)25-4-2)26-21-11(19)10-8-6-5-7-9-10/h5-9H,3-4H2,1-2H3,(H2,19,21)(H,20,23). The van der Waals surface area contributed by atoms with Crippen molar-refractivity contribution in [1.82, 2.24) is 5.32 Å². The molecule has 1 unspecified atom stereocenters. The molecule has 0 bridgehead atoms. The molecule has 0 saturated carbocycles. The number of rotatable bonds is 7. The van der Waals surface area contributed by atoms with Crippen LogP contribution in [0.25, 0.3) is 0 Å². The third kappa shape index (κ3) is 5.01. The van der Waals surface area contributed by atoms with E-state index in [1.807, 2.05) is 0 Å². The number of carbonyl (C=O) groups excluding carboxylic acids is 2. The molecule has 0 fully saturated rings. The predicted molar refractivity (Wildman–Crippen MR) is 83.8 cm³/mol. The fraction of sp³-hybridized carbons (Fsp3) is 0.400. The highest BCUT2D eigenvalue weighted by molar-refractivity contribution is 5.97. The summed E-state index contributed by atoms with van der Waals surface area (Å²) in [5.41, 5.74) is 1.89. The van der Waals surface area contributed by atoms with Crippen LogP contribution in [-0.4, -0.2) is 43.0 Å². The number of alkyl carbamates (subject to hydrolysis) is 1. The number of carbonyl (C=O) groups is 2. The number of hydrogen-bond donors (Lipinski definition) is 2. The molecular formula is C15H18F3N3O5. The Hall–Kier alpha value is -2.98. The zero-order valence-electron chi connectivity index (χ0n) is 14.0. The second kappa shape index (κ2) is 8.92. The Bertz CT molecular complexity index is 652. The summed E-state index contributed by atoms with van der Waals surface area (Å²) in [6, 6.07) is 7.70. The van der Waals surface area contributed by atoms with Crippen LogP contribution in [0.1, 0.15) is 19.4 Å². The Kier molecular flexibility index (Phi) is 7.23. The number of halogens is 3. The average Bonchev–Trinajstić information content (AvgIpc) is 2.58. The second-order valence-corrected chi connectivity index (χ2v) is 4.68. The van der Waals surface area contributed by atoms with Crippen molar-refractivity contribution in [2.45, 2.75) is 25.7 Å². The number of amidine groups is 1. The summed E-state index contributed by atoms with van der Waals surface area (Å²) in [6.07, 6.45) is -6.97. The molecule has 0 aromatic heterocycles. The molecule has 1 aromatic carbocycles. The zero-order chi connectivity index (χ0) is 19.8. The van der Waals surface area contributed by atoms with Gasteiger partial charge in [-0.15, -0.1) is 0 Å². The van der Waals surface area contributed by atoms with Gasteiger partial charge in [0, 0.05) is 5.56 Å². The van der Waals surface area contributed by atoms with Crippen LogP contribution in [0.2, 0.25) is 0 Å². The number of ether oxygens (including phenoxy) is 2. The third-order valence-corrected chi connectivity index (χ3v) is 2.87. The van der Waals surface area contributed by atoms with E-state index >= 15 is 0 Å². The van der Waals surface area contributed by atoms with Gasteiger partial charge in [-0.3, -0.25) is 5.32 Å². The number of nitrogens with two attached hydrogens (primary N) is 1. The van der Waals surface area contributed by atoms with E-state index in [1.54, 1.807) is 18.2 Å². The maximum Gasteiger partial charge on any atom is 0.463 e. The number of hydrogen-bond acceptors (Lipinski definition) is 6. The van der Waals surface area contributed by atoms with Crippen LogP contribution < -0.4 is 11.1 Å². The van der Waals surface area contributed by atoms with E-state index in [-0.39, 0.29) is 12.2 Å². The number of benzene rings is 1. The van der Waals surface area contributed by atoms with Gasteiger partial charge in [-0.1, -0.05) is 35.5 Å². The molecule has 1 rings (SSSR count). The van der Waals surface area contributed by atoms with Crippen molar-refractivity contribution < 1.29 is 37.1 Å². The number of nitrogens with zero attached hydrogens (tertiary/aromatic N) is 1. The molecule has 1 aromatic rings. The lowest BCUT2D eigenvalue weighted by Gasteiger charge is -2.30. The molecule has 3 N–H and O–H groups in total. The Morgan fingerprint density at radius 2 is 1.69 bits per heavy atom. The Balaban J connectivity index is 3.28. The first-order chi connectivity index (χ1) is 12.2. The minimum Gasteiger partial charge on any atom is -0.461 e. The number of nitrogens with one attached hydrogen (secondary N) is 1. The van der Waals surface area contributed by atoms with E-state index in [0.717, 1.165) is 0 Å². The summed E-state index contributed by atoms with van der Waals surface area (Å²) in [5.74, 6) is -2.38. The van der Waals surface area contributed by atoms with Gasteiger partial charge < -0.3 is 20.0 Å². The van der Waals surface area contributed by atoms with Gasteiger partial charge >= 0.3 is 24.0 Å². The third-order valence-electron chi connectivity index (χ3n) is 2.87. The van der Waals surface area contributed by atoms with Gasteiger partial charge in [0.05, 0.1) is 13.2 Å². The van der Waals surface area contributed by atoms with Gasteiger partial charge in [0.15, 0.2) is 5.84 Å². The van der Waals surface area contributed by atoms with Crippen LogP contribution in [0.3, 0.4) is 0 Å². The van der Waals surface area contributed by atoms with Crippen molar-refractivity contribution in [3.8, 4) is 0 Å². The highest BCUT2D eigenvalue weighted by Crippen LogP contribution is 2.33. The fourth-order valence-corrected chi connectivity index (χ4v) is 1.67. The molecule has 1 atom stereocenters. The van der Waals surface area contributed by atoms with Crippen LogP contribution >= 0.6 is 0 Å². The van der Waals surface area contributed by atoms with E-state index in [4.69, 9.17) is 5.73 Å². The Morgan fingerprint density at radius 3 is 2.19 bits per heavy atom. The molecule has 11 heteroatoms. The van der Waals surface area contributed by atoms with Crippen molar-refractivity contribution in [3.05, 3.63) is 35.9 Å². The van der Waals surface area contributed by atoms with Crippen molar-refractivity contribution in [3.63, 3.8) is 0 Å². The van der Waals surface area contributed by atoms with Crippen molar-refractivity contribution in [2.24, 2.45) is 10.9 Å². The molecule has 0 radical (unpaired) electrons. The number of amides is 1. The summed E-state index contributed by atoms with van der Waals surface area (Å²) < 4.78 is 49.6. The van der Waals surface area contributed by atoms with E-state index in [0.29, 0.717) is 0 Å². The minimum absolute atomic E-state index is 0.238. The lowest BCUT2D eigenvalue weighted by atomic mass is 10.2. The van der Waals surface area contributed by atoms with Crippen LogP contribution in [0.5, 0.6) is 0 Å².